The van der Waals surface area contributed by atoms with E-state index in [9.17, 15) is 44.0 Å². The average molecular weight is 696 g/mol. The standard InChI is InChI=1S/C24H18ClN7O10S3/c25-23-28-19(29-24(26)30-23)10-27-12-4-5-13-11(8-12)9-18(44(37,38)39)20(21(13)33)32-31-16-7-6-14-15(22(16)45(40,41)42)2-1-3-17(14)43(34,35)36/h1-9,27,33H,10H2,(H,34,35,36)(H,37,38,39)(H,40,41,42)(H2,26,28,29,30). The number of aromatic nitrogens is 3. The highest BCUT2D eigenvalue weighted by Crippen LogP contribution is 2.43. The van der Waals surface area contributed by atoms with Gasteiger partial charge < -0.3 is 16.2 Å². The summed E-state index contributed by atoms with van der Waals surface area (Å²) in [6, 6.07) is 10.5. The first-order chi connectivity index (χ1) is 20.9. The van der Waals surface area contributed by atoms with Crippen molar-refractivity contribution in [2.45, 2.75) is 21.2 Å². The molecule has 0 spiro atoms. The number of rotatable bonds is 8. The monoisotopic (exact) mass is 695 g/mol. The molecule has 0 bridgehead atoms. The van der Waals surface area contributed by atoms with Gasteiger partial charge in [-0.1, -0.05) is 18.2 Å². The Bertz CT molecular complexity index is 2390. The van der Waals surface area contributed by atoms with Crippen LogP contribution < -0.4 is 11.1 Å². The second kappa shape index (κ2) is 11.4. The van der Waals surface area contributed by atoms with Crippen molar-refractivity contribution in [1.29, 1.82) is 0 Å². The third kappa shape index (κ3) is 6.61. The zero-order valence-electron chi connectivity index (χ0n) is 22.1. The number of nitrogens with one attached hydrogen (secondary N) is 1. The van der Waals surface area contributed by atoms with Crippen molar-refractivity contribution in [2.24, 2.45) is 10.2 Å². The zero-order chi connectivity index (χ0) is 32.9. The number of halogens is 1. The number of nitrogens with zero attached hydrogens (tertiary/aromatic N) is 5. The Labute approximate surface area is 258 Å². The molecule has 0 amide bonds. The summed E-state index contributed by atoms with van der Waals surface area (Å²) in [7, 11) is -15.0. The Hall–Kier alpha value is -4.57. The van der Waals surface area contributed by atoms with Crippen molar-refractivity contribution in [3.63, 3.8) is 0 Å². The maximum atomic E-state index is 12.3. The third-order valence-electron chi connectivity index (χ3n) is 6.20. The molecule has 0 atom stereocenters. The Balaban J connectivity index is 1.62. The van der Waals surface area contributed by atoms with Crippen molar-refractivity contribution >= 4 is 86.5 Å². The summed E-state index contributed by atoms with van der Waals surface area (Å²) in [5.41, 5.74) is 4.57. The minimum atomic E-state index is -5.14. The predicted octanol–water partition coefficient (Wildman–Crippen LogP) is 3.89. The number of azo groups is 1. The Kier molecular flexibility index (Phi) is 8.08. The largest absolute Gasteiger partial charge is 0.505 e. The van der Waals surface area contributed by atoms with E-state index >= 15 is 0 Å². The number of hydrogen-bond acceptors (Lipinski definition) is 14. The molecule has 0 aliphatic carbocycles. The number of benzene rings is 4. The van der Waals surface area contributed by atoms with Crippen LogP contribution in [0.25, 0.3) is 21.5 Å². The first-order valence-electron chi connectivity index (χ1n) is 12.0. The number of nitrogens with two attached hydrogens (primary N) is 1. The maximum absolute atomic E-state index is 12.3. The fraction of sp³-hybridized carbons (Fsp3) is 0.0417. The van der Waals surface area contributed by atoms with Gasteiger partial charge in [-0.25, -0.2) is 4.98 Å². The van der Waals surface area contributed by atoms with Crippen molar-refractivity contribution in [2.75, 3.05) is 11.1 Å². The number of phenolic OH excluding ortho intramolecular Hbond substituents is 1. The van der Waals surface area contributed by atoms with Crippen LogP contribution in [0.3, 0.4) is 0 Å². The molecule has 21 heteroatoms. The van der Waals surface area contributed by atoms with E-state index in [0.717, 1.165) is 36.4 Å². The van der Waals surface area contributed by atoms with Crippen molar-refractivity contribution < 1.29 is 44.0 Å². The SMILES string of the molecule is Nc1nc(Cl)nc(CNc2ccc3c(O)c(N=Nc4ccc5c(S(=O)(=O)O)cccc5c4S(=O)(=O)O)c(S(=O)(=O)O)cc3c2)n1. The highest BCUT2D eigenvalue weighted by atomic mass is 35.5. The van der Waals surface area contributed by atoms with Crippen LogP contribution in [0.1, 0.15) is 5.82 Å². The van der Waals surface area contributed by atoms with Crippen molar-refractivity contribution in [3.8, 4) is 5.75 Å². The Morgan fingerprint density at radius 2 is 1.47 bits per heavy atom. The van der Waals surface area contributed by atoms with Crippen LogP contribution in [0, 0.1) is 0 Å². The van der Waals surface area contributed by atoms with Gasteiger partial charge in [0.1, 0.15) is 26.1 Å². The summed E-state index contributed by atoms with van der Waals surface area (Å²) in [6.07, 6.45) is 0. The second-order valence-electron chi connectivity index (χ2n) is 9.13. The van der Waals surface area contributed by atoms with Gasteiger partial charge in [0.2, 0.25) is 11.2 Å². The molecule has 5 rings (SSSR count). The van der Waals surface area contributed by atoms with Crippen LogP contribution in [-0.2, 0) is 36.9 Å². The van der Waals surface area contributed by atoms with E-state index in [2.05, 4.69) is 30.5 Å². The number of hydrogen-bond donors (Lipinski definition) is 6. The molecule has 1 heterocycles. The number of phenols is 1. The number of aromatic hydroxyl groups is 1. The normalized spacial score (nSPS) is 12.7. The summed E-state index contributed by atoms with van der Waals surface area (Å²) in [5, 5.41) is 20.7. The molecule has 7 N–H and O–H groups in total. The average Bonchev–Trinajstić information content (AvgIpc) is 2.92. The van der Waals surface area contributed by atoms with Crippen LogP contribution in [0.15, 0.2) is 79.5 Å². The zero-order valence-corrected chi connectivity index (χ0v) is 25.3. The van der Waals surface area contributed by atoms with Gasteiger partial charge in [-0.3, -0.25) is 13.7 Å². The van der Waals surface area contributed by atoms with E-state index in [1.54, 1.807) is 0 Å². The maximum Gasteiger partial charge on any atom is 0.297 e. The van der Waals surface area contributed by atoms with Crippen LogP contribution in [0.5, 0.6) is 5.75 Å². The van der Waals surface area contributed by atoms with Gasteiger partial charge in [0, 0.05) is 21.8 Å². The van der Waals surface area contributed by atoms with E-state index in [0.29, 0.717) is 5.69 Å². The van der Waals surface area contributed by atoms with Crippen molar-refractivity contribution in [3.05, 3.63) is 65.7 Å². The fourth-order valence-corrected chi connectivity index (χ4v) is 6.77. The van der Waals surface area contributed by atoms with Gasteiger partial charge in [0.05, 0.1) is 6.54 Å². The third-order valence-corrected chi connectivity index (χ3v) is 9.09. The summed E-state index contributed by atoms with van der Waals surface area (Å²) < 4.78 is 102. The molecule has 0 fully saturated rings. The lowest BCUT2D eigenvalue weighted by Gasteiger charge is -2.12. The lowest BCUT2D eigenvalue weighted by atomic mass is 10.1. The number of anilines is 2. The Morgan fingerprint density at radius 1 is 0.778 bits per heavy atom. The van der Waals surface area contributed by atoms with Crippen LogP contribution >= 0.6 is 11.6 Å². The van der Waals surface area contributed by atoms with E-state index in [1.807, 2.05) is 0 Å². The molecule has 234 valence electrons. The first-order valence-corrected chi connectivity index (χ1v) is 16.7. The van der Waals surface area contributed by atoms with E-state index in [-0.39, 0.29) is 45.1 Å². The minimum absolute atomic E-state index is 0.0228. The molecule has 1 aromatic heterocycles. The lowest BCUT2D eigenvalue weighted by Crippen LogP contribution is -2.08. The molecular formula is C24H18ClN7O10S3. The van der Waals surface area contributed by atoms with Gasteiger partial charge >= 0.3 is 0 Å². The van der Waals surface area contributed by atoms with Crippen LogP contribution in [0.2, 0.25) is 5.28 Å². The molecule has 45 heavy (non-hydrogen) atoms. The predicted molar refractivity (Wildman–Crippen MR) is 160 cm³/mol. The van der Waals surface area contributed by atoms with Crippen molar-refractivity contribution in [1.82, 2.24) is 15.0 Å². The molecule has 0 unspecified atom stereocenters. The van der Waals surface area contributed by atoms with Gasteiger partial charge in [-0.05, 0) is 53.4 Å². The topological polar surface area (TPSA) is 285 Å². The van der Waals surface area contributed by atoms with Gasteiger partial charge in [-0.2, -0.15) is 35.2 Å². The summed E-state index contributed by atoms with van der Waals surface area (Å²) in [4.78, 5) is 8.99. The highest BCUT2D eigenvalue weighted by Gasteiger charge is 2.25. The summed E-state index contributed by atoms with van der Waals surface area (Å²) >= 11 is 5.78. The number of fused-ring (bicyclic) bond motifs is 2. The summed E-state index contributed by atoms with van der Waals surface area (Å²) in [5.74, 6) is -0.683. The van der Waals surface area contributed by atoms with E-state index < -0.39 is 62.2 Å². The molecule has 0 aliphatic rings. The number of nitrogen functional groups attached to an aromatic ring is 1. The van der Waals surface area contributed by atoms with Crippen LogP contribution in [0.4, 0.5) is 23.0 Å². The fourth-order valence-electron chi connectivity index (χ4n) is 4.39. The highest BCUT2D eigenvalue weighted by molar-refractivity contribution is 7.86. The molecule has 17 nitrogen and oxygen atoms in total. The first kappa shape index (κ1) is 31.8. The Morgan fingerprint density at radius 3 is 2.11 bits per heavy atom. The molecule has 0 saturated heterocycles. The van der Waals surface area contributed by atoms with Gasteiger partial charge in [0.25, 0.3) is 30.4 Å². The quantitative estimate of drug-likeness (QED) is 0.0991. The summed E-state index contributed by atoms with van der Waals surface area (Å²) in [6.45, 7) is 0.0228. The molecular weight excluding hydrogens is 678 g/mol. The van der Waals surface area contributed by atoms with E-state index in [1.165, 1.54) is 18.2 Å². The molecule has 4 aromatic carbocycles. The van der Waals surface area contributed by atoms with Crippen LogP contribution in [-0.4, -0.2) is 59.0 Å². The molecule has 5 aromatic rings. The molecule has 0 aliphatic heterocycles. The lowest BCUT2D eigenvalue weighted by molar-refractivity contribution is 0.472. The second-order valence-corrected chi connectivity index (χ2v) is 13.6. The molecule has 0 saturated carbocycles. The smallest absolute Gasteiger partial charge is 0.297 e. The van der Waals surface area contributed by atoms with Gasteiger partial charge in [-0.15, -0.1) is 10.2 Å². The molecule has 0 radical (unpaired) electrons. The minimum Gasteiger partial charge on any atom is -0.505 e. The van der Waals surface area contributed by atoms with E-state index in [4.69, 9.17) is 17.3 Å². The van der Waals surface area contributed by atoms with Gasteiger partial charge in [0.15, 0.2) is 11.6 Å².